The molecule has 0 aromatic rings. The normalized spacial score (nSPS) is 46.0. The van der Waals surface area contributed by atoms with Crippen LogP contribution in [-0.4, -0.2) is 31.6 Å². The third-order valence-corrected chi connectivity index (χ3v) is 3.73. The van der Waals surface area contributed by atoms with Gasteiger partial charge in [-0.05, 0) is 51.1 Å². The lowest BCUT2D eigenvalue weighted by Gasteiger charge is -2.30. The van der Waals surface area contributed by atoms with E-state index in [4.69, 9.17) is 5.73 Å². The monoisotopic (exact) mass is 168 g/mol. The van der Waals surface area contributed by atoms with E-state index in [-0.39, 0.29) is 0 Å². The van der Waals surface area contributed by atoms with Crippen molar-refractivity contribution in [2.24, 2.45) is 23.5 Å². The number of fused-ring (bicyclic) bond motifs is 2. The Kier molecular flexibility index (Phi) is 2.13. The molecule has 0 aromatic carbocycles. The highest BCUT2D eigenvalue weighted by atomic mass is 15.1. The predicted octanol–water partition coefficient (Wildman–Crippen LogP) is 0.921. The van der Waals surface area contributed by atoms with E-state index >= 15 is 0 Å². The van der Waals surface area contributed by atoms with Gasteiger partial charge in [-0.1, -0.05) is 0 Å². The summed E-state index contributed by atoms with van der Waals surface area (Å²) in [6, 6.07) is 0.506. The molecular formula is C10H20N2. The molecule has 2 heteroatoms. The van der Waals surface area contributed by atoms with Gasteiger partial charge in [0.25, 0.3) is 0 Å². The smallest absolute Gasteiger partial charge is 0.0111 e. The lowest BCUT2D eigenvalue weighted by atomic mass is 9.85. The summed E-state index contributed by atoms with van der Waals surface area (Å²) < 4.78 is 0. The maximum atomic E-state index is 6.19. The Morgan fingerprint density at radius 3 is 2.42 bits per heavy atom. The molecule has 2 aliphatic carbocycles. The molecule has 0 aromatic heterocycles. The van der Waals surface area contributed by atoms with Gasteiger partial charge in [0.05, 0.1) is 0 Å². The lowest BCUT2D eigenvalue weighted by molar-refractivity contribution is 0.221. The molecule has 2 bridgehead atoms. The van der Waals surface area contributed by atoms with E-state index in [1.54, 1.807) is 0 Å². The van der Waals surface area contributed by atoms with Crippen LogP contribution in [0.2, 0.25) is 0 Å². The van der Waals surface area contributed by atoms with Crippen LogP contribution in [-0.2, 0) is 0 Å². The summed E-state index contributed by atoms with van der Waals surface area (Å²) in [6.07, 6.45) is 4.26. The Balaban J connectivity index is 1.98. The van der Waals surface area contributed by atoms with Crippen molar-refractivity contribution < 1.29 is 0 Å². The molecule has 4 atom stereocenters. The summed E-state index contributed by atoms with van der Waals surface area (Å²) in [5.74, 6) is 2.60. The third-order valence-electron chi connectivity index (χ3n) is 3.73. The first-order valence-electron chi connectivity index (χ1n) is 5.09. The molecule has 0 amide bonds. The standard InChI is InChI=1S/C10H20N2/c1-12(2)6-9-7-3-4-8(5-7)10(9)11/h7-10H,3-6,11H2,1-2H3/t7-,8+,9-,10+/m0/s1. The zero-order valence-electron chi connectivity index (χ0n) is 8.16. The fourth-order valence-corrected chi connectivity index (χ4v) is 3.15. The second-order valence-corrected chi connectivity index (χ2v) is 4.84. The van der Waals surface area contributed by atoms with Gasteiger partial charge in [-0.3, -0.25) is 0 Å². The second-order valence-electron chi connectivity index (χ2n) is 4.84. The lowest BCUT2D eigenvalue weighted by Crippen LogP contribution is -2.40. The molecule has 2 aliphatic rings. The Hall–Kier alpha value is -0.0800. The molecule has 2 nitrogen and oxygen atoms in total. The molecular weight excluding hydrogens is 148 g/mol. The summed E-state index contributed by atoms with van der Waals surface area (Å²) in [5.41, 5.74) is 6.19. The topological polar surface area (TPSA) is 29.3 Å². The van der Waals surface area contributed by atoms with Gasteiger partial charge in [-0.2, -0.15) is 0 Å². The van der Waals surface area contributed by atoms with Gasteiger partial charge in [0.1, 0.15) is 0 Å². The van der Waals surface area contributed by atoms with Crippen LogP contribution < -0.4 is 5.73 Å². The van der Waals surface area contributed by atoms with E-state index in [1.165, 1.54) is 25.8 Å². The molecule has 0 saturated heterocycles. The van der Waals surface area contributed by atoms with Crippen LogP contribution in [0.4, 0.5) is 0 Å². The summed E-state index contributed by atoms with van der Waals surface area (Å²) >= 11 is 0. The number of hydrogen-bond acceptors (Lipinski definition) is 2. The summed E-state index contributed by atoms with van der Waals surface area (Å²) in [5, 5.41) is 0. The maximum Gasteiger partial charge on any atom is 0.0111 e. The highest BCUT2D eigenvalue weighted by molar-refractivity contribution is 4.99. The van der Waals surface area contributed by atoms with Crippen LogP contribution in [0, 0.1) is 17.8 Å². The third kappa shape index (κ3) is 1.27. The number of hydrogen-bond donors (Lipinski definition) is 1. The fourth-order valence-electron chi connectivity index (χ4n) is 3.15. The van der Waals surface area contributed by atoms with Gasteiger partial charge >= 0.3 is 0 Å². The Morgan fingerprint density at radius 2 is 1.92 bits per heavy atom. The molecule has 2 rings (SSSR count). The average molecular weight is 168 g/mol. The van der Waals surface area contributed by atoms with E-state index in [1.807, 2.05) is 0 Å². The highest BCUT2D eigenvalue weighted by Crippen LogP contribution is 2.47. The SMILES string of the molecule is CN(C)C[C@H]1[C@H]2CC[C@H](C2)[C@H]1N. The number of nitrogens with two attached hydrogens (primary N) is 1. The van der Waals surface area contributed by atoms with Crippen molar-refractivity contribution >= 4 is 0 Å². The van der Waals surface area contributed by atoms with Crippen molar-refractivity contribution in [3.63, 3.8) is 0 Å². The highest BCUT2D eigenvalue weighted by Gasteiger charge is 2.45. The minimum Gasteiger partial charge on any atom is -0.327 e. The van der Waals surface area contributed by atoms with Crippen molar-refractivity contribution in [1.29, 1.82) is 0 Å². The molecule has 12 heavy (non-hydrogen) atoms. The Bertz CT molecular complexity index is 165. The summed E-state index contributed by atoms with van der Waals surface area (Å²) in [6.45, 7) is 1.20. The zero-order chi connectivity index (χ0) is 8.72. The predicted molar refractivity (Wildman–Crippen MR) is 50.9 cm³/mol. The van der Waals surface area contributed by atoms with E-state index in [0.29, 0.717) is 6.04 Å². The summed E-state index contributed by atoms with van der Waals surface area (Å²) in [4.78, 5) is 2.28. The van der Waals surface area contributed by atoms with Crippen LogP contribution >= 0.6 is 0 Å². The zero-order valence-corrected chi connectivity index (χ0v) is 8.16. The Labute approximate surface area is 75.1 Å². The second kappa shape index (κ2) is 3.00. The van der Waals surface area contributed by atoms with Crippen molar-refractivity contribution in [2.45, 2.75) is 25.3 Å². The maximum absolute atomic E-state index is 6.19. The van der Waals surface area contributed by atoms with E-state index in [0.717, 1.165) is 17.8 Å². The fraction of sp³-hybridized carbons (Fsp3) is 1.00. The van der Waals surface area contributed by atoms with Gasteiger partial charge in [0, 0.05) is 12.6 Å². The van der Waals surface area contributed by atoms with Crippen LogP contribution in [0.5, 0.6) is 0 Å². The minimum absolute atomic E-state index is 0.506. The first-order chi connectivity index (χ1) is 5.68. The quantitative estimate of drug-likeness (QED) is 0.664. The van der Waals surface area contributed by atoms with Gasteiger partial charge in [0.2, 0.25) is 0 Å². The Morgan fingerprint density at radius 1 is 1.25 bits per heavy atom. The van der Waals surface area contributed by atoms with Gasteiger partial charge in [-0.25, -0.2) is 0 Å². The summed E-state index contributed by atoms with van der Waals surface area (Å²) in [7, 11) is 4.30. The first-order valence-corrected chi connectivity index (χ1v) is 5.09. The minimum atomic E-state index is 0.506. The van der Waals surface area contributed by atoms with Crippen LogP contribution in [0.1, 0.15) is 19.3 Å². The molecule has 70 valence electrons. The largest absolute Gasteiger partial charge is 0.327 e. The molecule has 0 heterocycles. The van der Waals surface area contributed by atoms with E-state index < -0.39 is 0 Å². The number of rotatable bonds is 2. The van der Waals surface area contributed by atoms with Crippen molar-refractivity contribution in [1.82, 2.24) is 4.90 Å². The van der Waals surface area contributed by atoms with E-state index in [2.05, 4.69) is 19.0 Å². The molecule has 2 fully saturated rings. The molecule has 0 unspecified atom stereocenters. The average Bonchev–Trinajstić information content (AvgIpc) is 2.53. The van der Waals surface area contributed by atoms with Crippen LogP contribution in [0.15, 0.2) is 0 Å². The van der Waals surface area contributed by atoms with Gasteiger partial charge in [-0.15, -0.1) is 0 Å². The molecule has 0 spiro atoms. The first kappa shape index (κ1) is 8.52. The number of nitrogens with zero attached hydrogens (tertiary/aromatic N) is 1. The van der Waals surface area contributed by atoms with Crippen molar-refractivity contribution in [2.75, 3.05) is 20.6 Å². The molecule has 0 aliphatic heterocycles. The molecule has 0 radical (unpaired) electrons. The molecule has 2 N–H and O–H groups in total. The van der Waals surface area contributed by atoms with Gasteiger partial charge in [0.15, 0.2) is 0 Å². The van der Waals surface area contributed by atoms with Crippen LogP contribution in [0.25, 0.3) is 0 Å². The van der Waals surface area contributed by atoms with Gasteiger partial charge < -0.3 is 10.6 Å². The van der Waals surface area contributed by atoms with E-state index in [9.17, 15) is 0 Å². The van der Waals surface area contributed by atoms with Crippen LogP contribution in [0.3, 0.4) is 0 Å². The molecule has 2 saturated carbocycles. The van der Waals surface area contributed by atoms with Crippen molar-refractivity contribution in [3.8, 4) is 0 Å². The van der Waals surface area contributed by atoms with Crippen molar-refractivity contribution in [3.05, 3.63) is 0 Å².